The second-order valence-corrected chi connectivity index (χ2v) is 7.12. The van der Waals surface area contributed by atoms with E-state index in [0.717, 1.165) is 18.4 Å². The van der Waals surface area contributed by atoms with Gasteiger partial charge in [-0.05, 0) is 31.9 Å². The standard InChI is InChI=1S/C17H26O2S/c1-3-4-5-6-7-8-9-10-15-20(18,19)17-13-11-16(2)12-14-17/h10-15H,3-9H2,1-2H3/b15-10-. The summed E-state index contributed by atoms with van der Waals surface area (Å²) in [5, 5.41) is 1.35. The zero-order valence-electron chi connectivity index (χ0n) is 12.6. The molecule has 2 nitrogen and oxygen atoms in total. The third-order valence-electron chi connectivity index (χ3n) is 3.35. The van der Waals surface area contributed by atoms with Crippen molar-refractivity contribution < 1.29 is 8.42 Å². The summed E-state index contributed by atoms with van der Waals surface area (Å²) in [6, 6.07) is 6.99. The van der Waals surface area contributed by atoms with Crippen LogP contribution in [0.25, 0.3) is 0 Å². The Labute approximate surface area is 123 Å². The van der Waals surface area contributed by atoms with E-state index in [-0.39, 0.29) is 0 Å². The Kier molecular flexibility index (Phi) is 7.60. The minimum atomic E-state index is -3.26. The van der Waals surface area contributed by atoms with Crippen LogP contribution in [0.5, 0.6) is 0 Å². The molecule has 0 aliphatic heterocycles. The van der Waals surface area contributed by atoms with Gasteiger partial charge in [-0.1, -0.05) is 62.8 Å². The number of benzene rings is 1. The second kappa shape index (κ2) is 8.96. The van der Waals surface area contributed by atoms with Gasteiger partial charge in [0.1, 0.15) is 0 Å². The molecule has 3 heteroatoms. The molecule has 0 amide bonds. The lowest BCUT2D eigenvalue weighted by Gasteiger charge is -2.00. The summed E-state index contributed by atoms with van der Waals surface area (Å²) in [5.74, 6) is 0. The number of allylic oxidation sites excluding steroid dienone is 1. The highest BCUT2D eigenvalue weighted by Gasteiger charge is 2.08. The number of sulfone groups is 1. The van der Waals surface area contributed by atoms with Gasteiger partial charge in [-0.2, -0.15) is 0 Å². The molecule has 0 saturated heterocycles. The quantitative estimate of drug-likeness (QED) is 0.598. The van der Waals surface area contributed by atoms with E-state index >= 15 is 0 Å². The average Bonchev–Trinajstić information content (AvgIpc) is 2.42. The number of rotatable bonds is 9. The van der Waals surface area contributed by atoms with Crippen molar-refractivity contribution in [3.8, 4) is 0 Å². The molecule has 0 saturated carbocycles. The fourth-order valence-corrected chi connectivity index (χ4v) is 3.11. The monoisotopic (exact) mass is 294 g/mol. The molecule has 0 aromatic heterocycles. The Hall–Kier alpha value is -1.09. The van der Waals surface area contributed by atoms with Crippen LogP contribution >= 0.6 is 0 Å². The first-order valence-electron chi connectivity index (χ1n) is 7.54. The number of aryl methyl sites for hydroxylation is 1. The number of hydrogen-bond acceptors (Lipinski definition) is 2. The van der Waals surface area contributed by atoms with Gasteiger partial charge in [-0.15, -0.1) is 0 Å². The van der Waals surface area contributed by atoms with Gasteiger partial charge in [0.15, 0.2) is 9.84 Å². The molecule has 0 atom stereocenters. The Morgan fingerprint density at radius 2 is 1.55 bits per heavy atom. The lowest BCUT2D eigenvalue weighted by Crippen LogP contribution is -1.95. The summed E-state index contributed by atoms with van der Waals surface area (Å²) in [6.07, 6.45) is 10.0. The summed E-state index contributed by atoms with van der Waals surface area (Å²) in [4.78, 5) is 0.377. The highest BCUT2D eigenvalue weighted by molar-refractivity contribution is 7.94. The summed E-state index contributed by atoms with van der Waals surface area (Å²) >= 11 is 0. The molecule has 1 aromatic carbocycles. The molecule has 0 N–H and O–H groups in total. The summed E-state index contributed by atoms with van der Waals surface area (Å²) in [5.41, 5.74) is 1.07. The Morgan fingerprint density at radius 3 is 2.20 bits per heavy atom. The maximum Gasteiger partial charge on any atom is 0.199 e. The predicted molar refractivity (Wildman–Crippen MR) is 85.5 cm³/mol. The van der Waals surface area contributed by atoms with E-state index in [4.69, 9.17) is 0 Å². The van der Waals surface area contributed by atoms with E-state index in [1.807, 2.05) is 19.1 Å². The van der Waals surface area contributed by atoms with Crippen LogP contribution in [-0.2, 0) is 9.84 Å². The van der Waals surface area contributed by atoms with E-state index in [1.165, 1.54) is 37.5 Å². The molecular formula is C17H26O2S. The molecule has 20 heavy (non-hydrogen) atoms. The van der Waals surface area contributed by atoms with Gasteiger partial charge in [-0.25, -0.2) is 8.42 Å². The van der Waals surface area contributed by atoms with E-state index in [0.29, 0.717) is 4.90 Å². The molecule has 1 rings (SSSR count). The molecule has 1 aromatic rings. The van der Waals surface area contributed by atoms with Crippen LogP contribution in [0.2, 0.25) is 0 Å². The van der Waals surface area contributed by atoms with Gasteiger partial charge in [0.05, 0.1) is 4.90 Å². The van der Waals surface area contributed by atoms with Crippen LogP contribution in [0, 0.1) is 6.92 Å². The maximum absolute atomic E-state index is 12.0. The largest absolute Gasteiger partial charge is 0.219 e. The predicted octanol–water partition coefficient (Wildman–Crippen LogP) is 5.03. The molecule has 0 spiro atoms. The Morgan fingerprint density at radius 1 is 0.950 bits per heavy atom. The maximum atomic E-state index is 12.0. The highest BCUT2D eigenvalue weighted by atomic mass is 32.2. The van der Waals surface area contributed by atoms with Crippen LogP contribution in [0.3, 0.4) is 0 Å². The van der Waals surface area contributed by atoms with Crippen molar-refractivity contribution in [3.05, 3.63) is 41.3 Å². The van der Waals surface area contributed by atoms with Gasteiger partial charge in [0.25, 0.3) is 0 Å². The van der Waals surface area contributed by atoms with Crippen molar-refractivity contribution in [1.29, 1.82) is 0 Å². The fraction of sp³-hybridized carbons (Fsp3) is 0.529. The Balaban J connectivity index is 2.35. The first kappa shape index (κ1) is 17.0. The van der Waals surface area contributed by atoms with Crippen LogP contribution in [0.1, 0.15) is 57.4 Å². The third-order valence-corrected chi connectivity index (χ3v) is 4.83. The van der Waals surface area contributed by atoms with Crippen LogP contribution in [-0.4, -0.2) is 8.42 Å². The topological polar surface area (TPSA) is 34.1 Å². The fourth-order valence-electron chi connectivity index (χ4n) is 2.04. The summed E-state index contributed by atoms with van der Waals surface area (Å²) in [7, 11) is -3.26. The summed E-state index contributed by atoms with van der Waals surface area (Å²) in [6.45, 7) is 4.16. The SMILES string of the molecule is CCCCCCCC/C=C\S(=O)(=O)c1ccc(C)cc1. The van der Waals surface area contributed by atoms with Gasteiger partial charge in [0, 0.05) is 5.41 Å². The van der Waals surface area contributed by atoms with Crippen molar-refractivity contribution in [3.63, 3.8) is 0 Å². The minimum Gasteiger partial charge on any atom is -0.219 e. The molecule has 0 aliphatic rings. The normalized spacial score (nSPS) is 12.1. The molecule has 0 heterocycles. The second-order valence-electron chi connectivity index (χ2n) is 5.29. The van der Waals surface area contributed by atoms with Gasteiger partial charge >= 0.3 is 0 Å². The lowest BCUT2D eigenvalue weighted by molar-refractivity contribution is 0.603. The molecule has 112 valence electrons. The lowest BCUT2D eigenvalue weighted by atomic mass is 10.1. The zero-order valence-corrected chi connectivity index (χ0v) is 13.5. The molecule has 0 unspecified atom stereocenters. The first-order chi connectivity index (χ1) is 9.56. The van der Waals surface area contributed by atoms with Crippen LogP contribution < -0.4 is 0 Å². The highest BCUT2D eigenvalue weighted by Crippen LogP contribution is 2.14. The van der Waals surface area contributed by atoms with E-state index in [1.54, 1.807) is 18.2 Å². The molecular weight excluding hydrogens is 268 g/mol. The first-order valence-corrected chi connectivity index (χ1v) is 9.09. The number of hydrogen-bond donors (Lipinski definition) is 0. The average molecular weight is 294 g/mol. The van der Waals surface area contributed by atoms with E-state index in [2.05, 4.69) is 6.92 Å². The smallest absolute Gasteiger partial charge is 0.199 e. The summed E-state index contributed by atoms with van der Waals surface area (Å²) < 4.78 is 24.1. The third kappa shape index (κ3) is 6.38. The van der Waals surface area contributed by atoms with E-state index in [9.17, 15) is 8.42 Å². The van der Waals surface area contributed by atoms with Crippen LogP contribution in [0.15, 0.2) is 40.6 Å². The number of unbranched alkanes of at least 4 members (excludes halogenated alkanes) is 6. The van der Waals surface area contributed by atoms with Gasteiger partial charge in [-0.3, -0.25) is 0 Å². The van der Waals surface area contributed by atoms with Crippen molar-refractivity contribution in [2.45, 2.75) is 63.7 Å². The minimum absolute atomic E-state index is 0.377. The van der Waals surface area contributed by atoms with Gasteiger partial charge < -0.3 is 0 Å². The molecule has 0 aliphatic carbocycles. The van der Waals surface area contributed by atoms with Crippen molar-refractivity contribution >= 4 is 9.84 Å². The van der Waals surface area contributed by atoms with E-state index < -0.39 is 9.84 Å². The zero-order chi connectivity index (χ0) is 14.8. The van der Waals surface area contributed by atoms with Crippen molar-refractivity contribution in [2.75, 3.05) is 0 Å². The van der Waals surface area contributed by atoms with Crippen molar-refractivity contribution in [1.82, 2.24) is 0 Å². The van der Waals surface area contributed by atoms with Crippen molar-refractivity contribution in [2.24, 2.45) is 0 Å². The molecule has 0 fully saturated rings. The van der Waals surface area contributed by atoms with Gasteiger partial charge in [0.2, 0.25) is 0 Å². The molecule has 0 bridgehead atoms. The molecule has 0 radical (unpaired) electrons. The van der Waals surface area contributed by atoms with Crippen LogP contribution in [0.4, 0.5) is 0 Å². The Bertz CT molecular complexity index is 498.